The average Bonchev–Trinajstić information content (AvgIpc) is 2.42. The molecule has 0 saturated heterocycles. The molecule has 3 rings (SSSR count). The van der Waals surface area contributed by atoms with Gasteiger partial charge in [-0.05, 0) is 67.1 Å². The highest BCUT2D eigenvalue weighted by molar-refractivity contribution is 5.24. The van der Waals surface area contributed by atoms with E-state index in [0.29, 0.717) is 23.7 Å². The minimum atomic E-state index is -0.129. The van der Waals surface area contributed by atoms with E-state index < -0.39 is 0 Å². The smallest absolute Gasteiger partial charge is 0.0624 e. The number of nitriles is 1. The lowest BCUT2D eigenvalue weighted by atomic mass is 9.47. The number of rotatable bonds is 1. The van der Waals surface area contributed by atoms with Crippen LogP contribution in [0.4, 0.5) is 0 Å². The summed E-state index contributed by atoms with van der Waals surface area (Å²) in [6, 6.07) is 2.46. The van der Waals surface area contributed by atoms with Crippen LogP contribution >= 0.6 is 0 Å². The Labute approximate surface area is 129 Å². The van der Waals surface area contributed by atoms with E-state index in [0.717, 1.165) is 31.6 Å². The Kier molecular flexibility index (Phi) is 3.69. The molecular weight excluding hydrogens is 258 g/mol. The summed E-state index contributed by atoms with van der Waals surface area (Å²) in [5.41, 5.74) is 2.09. The van der Waals surface area contributed by atoms with Gasteiger partial charge in [0.05, 0.1) is 12.2 Å². The summed E-state index contributed by atoms with van der Waals surface area (Å²) in [7, 11) is 0. The molecule has 0 amide bonds. The fourth-order valence-corrected chi connectivity index (χ4v) is 5.67. The topological polar surface area (TPSA) is 44.0 Å². The van der Waals surface area contributed by atoms with E-state index in [-0.39, 0.29) is 11.5 Å². The molecule has 0 aliphatic heterocycles. The van der Waals surface area contributed by atoms with Gasteiger partial charge in [0.1, 0.15) is 0 Å². The summed E-state index contributed by atoms with van der Waals surface area (Å²) in [6.07, 6.45) is 9.62. The van der Waals surface area contributed by atoms with Crippen molar-refractivity contribution in [2.24, 2.45) is 28.6 Å². The van der Waals surface area contributed by atoms with Crippen LogP contribution in [0.15, 0.2) is 11.6 Å². The predicted molar refractivity (Wildman–Crippen MR) is 84.4 cm³/mol. The Morgan fingerprint density at radius 1 is 1.29 bits per heavy atom. The van der Waals surface area contributed by atoms with Crippen molar-refractivity contribution in [1.29, 1.82) is 5.26 Å². The second-order valence-electron chi connectivity index (χ2n) is 8.55. The SMILES string of the molecule is CC1(C)CC[C@H]2[C@@H](CC=C3C[C@@H](O)CC[C@@]32C)[C@@H]1CC#N. The fourth-order valence-electron chi connectivity index (χ4n) is 5.67. The van der Waals surface area contributed by atoms with E-state index in [9.17, 15) is 10.4 Å². The lowest BCUT2D eigenvalue weighted by Gasteiger charge is -2.57. The van der Waals surface area contributed by atoms with Crippen LogP contribution in [0.3, 0.4) is 0 Å². The van der Waals surface area contributed by atoms with E-state index in [1.807, 2.05) is 0 Å². The Morgan fingerprint density at radius 3 is 2.76 bits per heavy atom. The van der Waals surface area contributed by atoms with Crippen LogP contribution in [0, 0.1) is 39.9 Å². The standard InChI is InChI=1S/C19H29NO/c1-18(2)9-7-17-15(16(18)8-11-20)5-4-13-12-14(21)6-10-19(13,17)3/h4,14-17,21H,5-10,12H2,1-3H3/t14-,15-,16-,17-,19-/m0/s1. The summed E-state index contributed by atoms with van der Waals surface area (Å²) >= 11 is 0. The Morgan fingerprint density at radius 2 is 2.05 bits per heavy atom. The Hall–Kier alpha value is -0.810. The van der Waals surface area contributed by atoms with Gasteiger partial charge in [-0.1, -0.05) is 32.4 Å². The molecule has 2 fully saturated rings. The summed E-state index contributed by atoms with van der Waals surface area (Å²) in [6.45, 7) is 7.15. The molecule has 1 N–H and O–H groups in total. The van der Waals surface area contributed by atoms with Crippen molar-refractivity contribution < 1.29 is 5.11 Å². The van der Waals surface area contributed by atoms with Crippen molar-refractivity contribution in [3.63, 3.8) is 0 Å². The van der Waals surface area contributed by atoms with E-state index in [1.54, 1.807) is 0 Å². The summed E-state index contributed by atoms with van der Waals surface area (Å²) in [4.78, 5) is 0. The van der Waals surface area contributed by atoms with Crippen molar-refractivity contribution >= 4 is 0 Å². The molecule has 3 aliphatic rings. The molecule has 0 spiro atoms. The monoisotopic (exact) mass is 287 g/mol. The fraction of sp³-hybridized carbons (Fsp3) is 0.842. The second-order valence-corrected chi connectivity index (χ2v) is 8.55. The zero-order chi connectivity index (χ0) is 15.3. The number of nitrogens with zero attached hydrogens (tertiary/aromatic N) is 1. The Balaban J connectivity index is 1.94. The molecule has 2 saturated carbocycles. The third-order valence-corrected chi connectivity index (χ3v) is 7.09. The lowest BCUT2D eigenvalue weighted by Crippen LogP contribution is -2.49. The zero-order valence-corrected chi connectivity index (χ0v) is 13.7. The van der Waals surface area contributed by atoms with Gasteiger partial charge in [0.15, 0.2) is 0 Å². The highest BCUT2D eigenvalue weighted by Gasteiger charge is 2.53. The first-order chi connectivity index (χ1) is 9.88. The van der Waals surface area contributed by atoms with Crippen LogP contribution in [0.2, 0.25) is 0 Å². The maximum Gasteiger partial charge on any atom is 0.0624 e. The number of aliphatic hydroxyl groups is 1. The minimum absolute atomic E-state index is 0.129. The van der Waals surface area contributed by atoms with Gasteiger partial charge in [-0.3, -0.25) is 0 Å². The molecule has 0 radical (unpaired) electrons. The maximum atomic E-state index is 9.99. The average molecular weight is 287 g/mol. The second kappa shape index (κ2) is 5.13. The van der Waals surface area contributed by atoms with Crippen LogP contribution in [-0.2, 0) is 0 Å². The van der Waals surface area contributed by atoms with Crippen molar-refractivity contribution in [3.8, 4) is 6.07 Å². The van der Waals surface area contributed by atoms with Gasteiger partial charge in [-0.25, -0.2) is 0 Å². The van der Waals surface area contributed by atoms with Crippen LogP contribution in [-0.4, -0.2) is 11.2 Å². The van der Waals surface area contributed by atoms with Crippen LogP contribution in [0.5, 0.6) is 0 Å². The number of allylic oxidation sites excluding steroid dienone is 1. The number of hydrogen-bond acceptors (Lipinski definition) is 2. The molecule has 5 atom stereocenters. The number of aliphatic hydroxyl groups excluding tert-OH is 1. The molecule has 0 unspecified atom stereocenters. The summed E-state index contributed by atoms with van der Waals surface area (Å²) < 4.78 is 0. The molecule has 2 heteroatoms. The summed E-state index contributed by atoms with van der Waals surface area (Å²) in [5.74, 6) is 1.91. The molecule has 0 bridgehead atoms. The van der Waals surface area contributed by atoms with Crippen LogP contribution in [0.1, 0.15) is 65.7 Å². The maximum absolute atomic E-state index is 9.99. The van der Waals surface area contributed by atoms with E-state index in [2.05, 4.69) is 32.9 Å². The van der Waals surface area contributed by atoms with Crippen LogP contribution in [0.25, 0.3) is 0 Å². The zero-order valence-electron chi connectivity index (χ0n) is 13.7. The molecule has 116 valence electrons. The quantitative estimate of drug-likeness (QED) is 0.724. The van der Waals surface area contributed by atoms with Gasteiger partial charge in [0.2, 0.25) is 0 Å². The van der Waals surface area contributed by atoms with Gasteiger partial charge in [0, 0.05) is 6.42 Å². The molecule has 0 heterocycles. The number of hydrogen-bond donors (Lipinski definition) is 1. The molecule has 0 aromatic carbocycles. The molecule has 2 nitrogen and oxygen atoms in total. The molecule has 0 aromatic heterocycles. The predicted octanol–water partition coefficient (Wildman–Crippen LogP) is 4.45. The van der Waals surface area contributed by atoms with Crippen LogP contribution < -0.4 is 0 Å². The van der Waals surface area contributed by atoms with E-state index in [4.69, 9.17) is 0 Å². The molecule has 3 aliphatic carbocycles. The largest absolute Gasteiger partial charge is 0.393 e. The van der Waals surface area contributed by atoms with Gasteiger partial charge in [-0.2, -0.15) is 5.26 Å². The van der Waals surface area contributed by atoms with Gasteiger partial charge in [-0.15, -0.1) is 0 Å². The summed E-state index contributed by atoms with van der Waals surface area (Å²) in [5, 5.41) is 19.3. The lowest BCUT2D eigenvalue weighted by molar-refractivity contribution is -0.0413. The molecule has 21 heavy (non-hydrogen) atoms. The first kappa shape index (κ1) is 15.1. The highest BCUT2D eigenvalue weighted by atomic mass is 16.3. The van der Waals surface area contributed by atoms with Gasteiger partial charge >= 0.3 is 0 Å². The van der Waals surface area contributed by atoms with Gasteiger partial charge in [0.25, 0.3) is 0 Å². The first-order valence-corrected chi connectivity index (χ1v) is 8.63. The third-order valence-electron chi connectivity index (χ3n) is 7.09. The molecular formula is C19H29NO. The number of fused-ring (bicyclic) bond motifs is 3. The highest BCUT2D eigenvalue weighted by Crippen LogP contribution is 2.61. The van der Waals surface area contributed by atoms with Crippen molar-refractivity contribution in [2.45, 2.75) is 71.8 Å². The van der Waals surface area contributed by atoms with Crippen molar-refractivity contribution in [3.05, 3.63) is 11.6 Å². The Bertz CT molecular complexity index is 486. The minimum Gasteiger partial charge on any atom is -0.393 e. The van der Waals surface area contributed by atoms with E-state index in [1.165, 1.54) is 18.4 Å². The van der Waals surface area contributed by atoms with E-state index >= 15 is 0 Å². The van der Waals surface area contributed by atoms with Crippen molar-refractivity contribution in [1.82, 2.24) is 0 Å². The van der Waals surface area contributed by atoms with Gasteiger partial charge < -0.3 is 5.11 Å². The third kappa shape index (κ3) is 2.34. The first-order valence-electron chi connectivity index (χ1n) is 8.63. The molecule has 0 aromatic rings. The van der Waals surface area contributed by atoms with Crippen molar-refractivity contribution in [2.75, 3.05) is 0 Å². The normalized spacial score (nSPS) is 45.0.